The Kier molecular flexibility index (Phi) is 4.37. The molecule has 0 bridgehead atoms. The molecule has 0 spiro atoms. The Labute approximate surface area is 154 Å². The number of fused-ring (bicyclic) bond motifs is 1. The van der Waals surface area contributed by atoms with Crippen LogP contribution in [0.5, 0.6) is 0 Å². The molecule has 0 amide bonds. The van der Waals surface area contributed by atoms with E-state index in [1.807, 2.05) is 0 Å². The predicted molar refractivity (Wildman–Crippen MR) is 98.5 cm³/mol. The largest absolute Gasteiger partial charge is 0.381 e. The topological polar surface area (TPSA) is 87.8 Å². The van der Waals surface area contributed by atoms with Gasteiger partial charge in [-0.3, -0.25) is 0 Å². The first-order chi connectivity index (χ1) is 12.5. The summed E-state index contributed by atoms with van der Waals surface area (Å²) in [5.41, 5.74) is 1.27. The van der Waals surface area contributed by atoms with Crippen molar-refractivity contribution in [3.63, 3.8) is 0 Å². The van der Waals surface area contributed by atoms with E-state index in [9.17, 15) is 4.39 Å². The lowest BCUT2D eigenvalue weighted by Crippen LogP contribution is -2.41. The lowest BCUT2D eigenvalue weighted by molar-refractivity contribution is 0.0656. The Bertz CT molecular complexity index is 940. The number of imidazole rings is 1. The fourth-order valence-corrected chi connectivity index (χ4v) is 3.05. The molecule has 1 aromatic carbocycles. The van der Waals surface area contributed by atoms with Crippen LogP contribution in [0.2, 0.25) is 5.02 Å². The van der Waals surface area contributed by atoms with Gasteiger partial charge in [0.15, 0.2) is 11.5 Å². The van der Waals surface area contributed by atoms with Gasteiger partial charge in [0, 0.05) is 18.8 Å². The summed E-state index contributed by atoms with van der Waals surface area (Å²) in [6, 6.07) is 4.73. The normalized spacial score (nSPS) is 16.6. The number of anilines is 3. The summed E-state index contributed by atoms with van der Waals surface area (Å²) in [7, 11) is 0. The third kappa shape index (κ3) is 3.42. The van der Waals surface area contributed by atoms with Gasteiger partial charge in [-0.15, -0.1) is 0 Å². The van der Waals surface area contributed by atoms with E-state index in [1.165, 1.54) is 6.07 Å². The van der Waals surface area contributed by atoms with Gasteiger partial charge in [0.1, 0.15) is 5.52 Å². The molecule has 7 nitrogen and oxygen atoms in total. The summed E-state index contributed by atoms with van der Waals surface area (Å²) in [6.07, 6.45) is 3.42. The van der Waals surface area contributed by atoms with Crippen LogP contribution in [-0.2, 0) is 4.74 Å². The van der Waals surface area contributed by atoms with Gasteiger partial charge >= 0.3 is 0 Å². The molecule has 26 heavy (non-hydrogen) atoms. The predicted octanol–water partition coefficient (Wildman–Crippen LogP) is 3.87. The minimum absolute atomic E-state index is 0.0436. The molecule has 0 radical (unpaired) electrons. The highest BCUT2D eigenvalue weighted by atomic mass is 35.5. The van der Waals surface area contributed by atoms with Crippen molar-refractivity contribution < 1.29 is 9.13 Å². The van der Waals surface area contributed by atoms with Crippen molar-refractivity contribution in [2.75, 3.05) is 23.8 Å². The molecule has 136 valence electrons. The molecule has 1 fully saturated rings. The molecule has 1 saturated heterocycles. The fraction of sp³-hybridized carbons (Fsp3) is 0.353. The van der Waals surface area contributed by atoms with Crippen LogP contribution < -0.4 is 10.6 Å². The minimum atomic E-state index is -0.532. The van der Waals surface area contributed by atoms with Crippen LogP contribution in [0.1, 0.15) is 19.8 Å². The van der Waals surface area contributed by atoms with Crippen molar-refractivity contribution in [3.8, 4) is 0 Å². The number of aromatic amines is 1. The molecular formula is C17H18ClFN6O. The molecule has 9 heteroatoms. The molecule has 4 rings (SSSR count). The summed E-state index contributed by atoms with van der Waals surface area (Å²) < 4.78 is 19.4. The maximum atomic E-state index is 14.0. The minimum Gasteiger partial charge on any atom is -0.381 e. The lowest BCUT2D eigenvalue weighted by atomic mass is 9.93. The number of ether oxygens (including phenoxy) is 1. The first-order valence-corrected chi connectivity index (χ1v) is 8.70. The Morgan fingerprint density at radius 1 is 1.27 bits per heavy atom. The number of aromatic nitrogens is 4. The standard InChI is InChI=1S/C17H18ClFN6O/c1-17(5-7-26-8-6-17)25-15-20-9-12-14(23-15)24-16(22-12)21-11-4-2-3-10(18)13(11)19/h2-4,9H,5-8H2,1H3,(H3,20,21,22,23,24,25). The molecule has 3 N–H and O–H groups in total. The van der Waals surface area contributed by atoms with Crippen molar-refractivity contribution in [1.29, 1.82) is 0 Å². The molecule has 0 unspecified atom stereocenters. The summed E-state index contributed by atoms with van der Waals surface area (Å²) in [5.74, 6) is 0.342. The highest BCUT2D eigenvalue weighted by molar-refractivity contribution is 6.31. The first kappa shape index (κ1) is 17.0. The van der Waals surface area contributed by atoms with E-state index in [0.29, 0.717) is 36.3 Å². The second kappa shape index (κ2) is 6.69. The SMILES string of the molecule is CC1(Nc2ncc3[nH]c(Nc4cccc(Cl)c4F)nc3n2)CCOCC1. The third-order valence-electron chi connectivity index (χ3n) is 4.45. The maximum Gasteiger partial charge on any atom is 0.225 e. The Hall–Kier alpha value is -2.45. The monoisotopic (exact) mass is 376 g/mol. The number of hydrogen-bond donors (Lipinski definition) is 3. The summed E-state index contributed by atoms with van der Waals surface area (Å²) in [5, 5.41) is 6.29. The molecule has 0 aliphatic carbocycles. The Morgan fingerprint density at radius 2 is 2.08 bits per heavy atom. The van der Waals surface area contributed by atoms with Crippen molar-refractivity contribution >= 4 is 40.3 Å². The van der Waals surface area contributed by atoms with Gasteiger partial charge in [0.25, 0.3) is 0 Å². The van der Waals surface area contributed by atoms with E-state index >= 15 is 0 Å². The van der Waals surface area contributed by atoms with E-state index < -0.39 is 5.82 Å². The number of nitrogens with zero attached hydrogens (tertiary/aromatic N) is 3. The van der Waals surface area contributed by atoms with Crippen molar-refractivity contribution in [2.45, 2.75) is 25.3 Å². The van der Waals surface area contributed by atoms with Crippen LogP contribution in [0.25, 0.3) is 11.2 Å². The quantitative estimate of drug-likeness (QED) is 0.640. The summed E-state index contributed by atoms with van der Waals surface area (Å²) >= 11 is 5.80. The molecule has 1 aliphatic heterocycles. The molecule has 0 saturated carbocycles. The number of rotatable bonds is 4. The summed E-state index contributed by atoms with van der Waals surface area (Å²) in [4.78, 5) is 16.2. The van der Waals surface area contributed by atoms with E-state index in [-0.39, 0.29) is 16.2 Å². The van der Waals surface area contributed by atoms with Gasteiger partial charge in [-0.1, -0.05) is 17.7 Å². The van der Waals surface area contributed by atoms with E-state index in [0.717, 1.165) is 12.8 Å². The average molecular weight is 377 g/mol. The van der Waals surface area contributed by atoms with Gasteiger partial charge in [0.2, 0.25) is 11.9 Å². The van der Waals surface area contributed by atoms with Crippen molar-refractivity contribution in [1.82, 2.24) is 19.9 Å². The van der Waals surface area contributed by atoms with E-state index in [1.54, 1.807) is 18.3 Å². The van der Waals surface area contributed by atoms with Gasteiger partial charge < -0.3 is 20.4 Å². The first-order valence-electron chi connectivity index (χ1n) is 8.32. The second-order valence-electron chi connectivity index (χ2n) is 6.54. The zero-order chi connectivity index (χ0) is 18.1. The summed E-state index contributed by atoms with van der Waals surface area (Å²) in [6.45, 7) is 3.56. The average Bonchev–Trinajstić information content (AvgIpc) is 3.01. The zero-order valence-electron chi connectivity index (χ0n) is 14.1. The highest BCUT2D eigenvalue weighted by Crippen LogP contribution is 2.26. The molecule has 3 heterocycles. The van der Waals surface area contributed by atoms with Crippen LogP contribution >= 0.6 is 11.6 Å². The van der Waals surface area contributed by atoms with Gasteiger partial charge in [0.05, 0.1) is 16.9 Å². The Balaban J connectivity index is 1.56. The molecular weight excluding hydrogens is 359 g/mol. The van der Waals surface area contributed by atoms with Gasteiger partial charge in [-0.2, -0.15) is 9.97 Å². The highest BCUT2D eigenvalue weighted by Gasteiger charge is 2.28. The second-order valence-corrected chi connectivity index (χ2v) is 6.95. The molecule has 3 aromatic rings. The van der Waals surface area contributed by atoms with Crippen molar-refractivity contribution in [2.24, 2.45) is 0 Å². The smallest absolute Gasteiger partial charge is 0.225 e. The number of H-pyrrole nitrogens is 1. The van der Waals surface area contributed by atoms with Crippen molar-refractivity contribution in [3.05, 3.63) is 35.2 Å². The van der Waals surface area contributed by atoms with Crippen LogP contribution in [0.3, 0.4) is 0 Å². The maximum absolute atomic E-state index is 14.0. The molecule has 2 aromatic heterocycles. The fourth-order valence-electron chi connectivity index (χ4n) is 2.87. The number of hydrogen-bond acceptors (Lipinski definition) is 6. The zero-order valence-corrected chi connectivity index (χ0v) is 14.9. The molecule has 0 atom stereocenters. The molecule has 1 aliphatic rings. The van der Waals surface area contributed by atoms with Crippen LogP contribution in [0, 0.1) is 5.82 Å². The van der Waals surface area contributed by atoms with Crippen LogP contribution in [-0.4, -0.2) is 38.7 Å². The van der Waals surface area contributed by atoms with Crippen LogP contribution in [0.15, 0.2) is 24.4 Å². The third-order valence-corrected chi connectivity index (χ3v) is 4.75. The van der Waals surface area contributed by atoms with E-state index in [2.05, 4.69) is 37.5 Å². The lowest BCUT2D eigenvalue weighted by Gasteiger charge is -2.34. The van der Waals surface area contributed by atoms with E-state index in [4.69, 9.17) is 16.3 Å². The van der Waals surface area contributed by atoms with Gasteiger partial charge in [-0.25, -0.2) is 9.37 Å². The number of nitrogens with one attached hydrogen (secondary N) is 3. The van der Waals surface area contributed by atoms with Gasteiger partial charge in [-0.05, 0) is 31.9 Å². The number of benzene rings is 1. The number of halogens is 2. The van der Waals surface area contributed by atoms with Crippen LogP contribution in [0.4, 0.5) is 22.0 Å². The Morgan fingerprint density at radius 3 is 2.88 bits per heavy atom.